The summed E-state index contributed by atoms with van der Waals surface area (Å²) in [6.45, 7) is 3.72. The van der Waals surface area contributed by atoms with Crippen LogP contribution in [0.25, 0.3) is 5.76 Å². The van der Waals surface area contributed by atoms with Crippen molar-refractivity contribution < 1.29 is 14.7 Å². The number of pyridine rings is 1. The summed E-state index contributed by atoms with van der Waals surface area (Å²) in [7, 11) is 0. The van der Waals surface area contributed by atoms with Gasteiger partial charge in [-0.2, -0.15) is 0 Å². The van der Waals surface area contributed by atoms with Gasteiger partial charge in [0.15, 0.2) is 0 Å². The number of aryl methyl sites for hydroxylation is 2. The molecular weight excluding hydrogens is 376 g/mol. The molecule has 140 valence electrons. The van der Waals surface area contributed by atoms with Gasteiger partial charge in [-0.1, -0.05) is 41.2 Å². The van der Waals surface area contributed by atoms with Crippen LogP contribution in [0, 0.1) is 13.8 Å². The fourth-order valence-electron chi connectivity index (χ4n) is 3.14. The van der Waals surface area contributed by atoms with Crippen molar-refractivity contribution in [3.05, 3.63) is 76.1 Å². The van der Waals surface area contributed by atoms with Crippen LogP contribution < -0.4 is 4.90 Å². The van der Waals surface area contributed by atoms with Crippen LogP contribution in [0.4, 0.5) is 5.13 Å². The van der Waals surface area contributed by atoms with E-state index in [9.17, 15) is 14.7 Å². The van der Waals surface area contributed by atoms with Gasteiger partial charge in [0, 0.05) is 18.0 Å². The third-order valence-corrected chi connectivity index (χ3v) is 5.35. The molecule has 0 saturated carbocycles. The fraction of sp³-hybridized carbons (Fsp3) is 0.150. The summed E-state index contributed by atoms with van der Waals surface area (Å²) in [5.74, 6) is -1.74. The van der Waals surface area contributed by atoms with Crippen molar-refractivity contribution in [2.75, 3.05) is 4.90 Å². The van der Waals surface area contributed by atoms with Crippen molar-refractivity contribution in [1.29, 1.82) is 0 Å². The number of amides is 1. The zero-order chi connectivity index (χ0) is 19.8. The predicted molar refractivity (Wildman–Crippen MR) is 105 cm³/mol. The lowest BCUT2D eigenvalue weighted by molar-refractivity contribution is -0.132. The number of hydrogen-bond donors (Lipinski definition) is 1. The van der Waals surface area contributed by atoms with Crippen LogP contribution in [0.5, 0.6) is 0 Å². The van der Waals surface area contributed by atoms with Gasteiger partial charge in [-0.15, -0.1) is 10.2 Å². The SMILES string of the molecule is Cc1ccc(C2/C(=C(\O)c3ccncc3)C(=O)C(=O)N2c2nnc(C)s2)cc1. The van der Waals surface area contributed by atoms with Crippen molar-refractivity contribution in [1.82, 2.24) is 15.2 Å². The minimum atomic E-state index is -0.791. The van der Waals surface area contributed by atoms with E-state index in [1.165, 1.54) is 28.6 Å². The van der Waals surface area contributed by atoms with Gasteiger partial charge < -0.3 is 5.11 Å². The van der Waals surface area contributed by atoms with Gasteiger partial charge in [-0.05, 0) is 31.5 Å². The molecule has 2 aromatic heterocycles. The van der Waals surface area contributed by atoms with E-state index in [0.29, 0.717) is 21.3 Å². The molecule has 0 radical (unpaired) electrons. The summed E-state index contributed by atoms with van der Waals surface area (Å²) in [4.78, 5) is 31.0. The molecule has 1 N–H and O–H groups in total. The molecule has 1 fully saturated rings. The van der Waals surface area contributed by atoms with E-state index in [1.54, 1.807) is 19.1 Å². The Hall–Kier alpha value is -3.39. The number of aliphatic hydroxyl groups is 1. The summed E-state index contributed by atoms with van der Waals surface area (Å²) in [6, 6.07) is 9.86. The first kappa shape index (κ1) is 18.0. The Bertz CT molecular complexity index is 1090. The number of anilines is 1. The normalized spacial score (nSPS) is 18.6. The fourth-order valence-corrected chi connectivity index (χ4v) is 3.86. The molecule has 1 aliphatic rings. The van der Waals surface area contributed by atoms with E-state index in [2.05, 4.69) is 15.2 Å². The molecule has 0 aliphatic carbocycles. The smallest absolute Gasteiger partial charge is 0.301 e. The summed E-state index contributed by atoms with van der Waals surface area (Å²) < 4.78 is 0. The Morgan fingerprint density at radius 3 is 2.32 bits per heavy atom. The topological polar surface area (TPSA) is 96.3 Å². The van der Waals surface area contributed by atoms with E-state index >= 15 is 0 Å². The number of aliphatic hydroxyl groups excluding tert-OH is 1. The van der Waals surface area contributed by atoms with Crippen LogP contribution in [0.15, 0.2) is 54.4 Å². The van der Waals surface area contributed by atoms with Crippen molar-refractivity contribution in [3.63, 3.8) is 0 Å². The molecular formula is C20H16N4O3S. The zero-order valence-corrected chi connectivity index (χ0v) is 16.0. The maximum absolute atomic E-state index is 12.9. The van der Waals surface area contributed by atoms with Gasteiger partial charge in [0.25, 0.3) is 5.78 Å². The number of benzene rings is 1. The second kappa shape index (κ2) is 6.97. The molecule has 1 aromatic carbocycles. The molecule has 4 rings (SSSR count). The molecule has 1 unspecified atom stereocenters. The highest BCUT2D eigenvalue weighted by Gasteiger charge is 2.48. The first-order chi connectivity index (χ1) is 13.5. The van der Waals surface area contributed by atoms with E-state index < -0.39 is 17.7 Å². The molecule has 1 aliphatic heterocycles. The van der Waals surface area contributed by atoms with Crippen LogP contribution in [-0.4, -0.2) is 32.0 Å². The third kappa shape index (κ3) is 2.97. The Balaban J connectivity index is 1.94. The van der Waals surface area contributed by atoms with Gasteiger partial charge >= 0.3 is 5.91 Å². The number of hydrogen-bond acceptors (Lipinski definition) is 7. The monoisotopic (exact) mass is 392 g/mol. The van der Waals surface area contributed by atoms with Gasteiger partial charge in [0.2, 0.25) is 5.13 Å². The van der Waals surface area contributed by atoms with E-state index in [-0.39, 0.29) is 11.3 Å². The first-order valence-corrected chi connectivity index (χ1v) is 9.37. The average Bonchev–Trinajstić information content (AvgIpc) is 3.24. The highest BCUT2D eigenvalue weighted by Crippen LogP contribution is 2.42. The summed E-state index contributed by atoms with van der Waals surface area (Å²) >= 11 is 1.22. The van der Waals surface area contributed by atoms with Gasteiger partial charge in [-0.3, -0.25) is 19.5 Å². The van der Waals surface area contributed by atoms with Crippen LogP contribution in [-0.2, 0) is 9.59 Å². The molecule has 8 heteroatoms. The maximum atomic E-state index is 12.9. The highest BCUT2D eigenvalue weighted by molar-refractivity contribution is 7.15. The summed E-state index contributed by atoms with van der Waals surface area (Å²) in [5.41, 5.74) is 2.18. The van der Waals surface area contributed by atoms with E-state index in [0.717, 1.165) is 5.56 Å². The minimum Gasteiger partial charge on any atom is -0.507 e. The van der Waals surface area contributed by atoms with Crippen molar-refractivity contribution in [2.24, 2.45) is 0 Å². The lowest BCUT2D eigenvalue weighted by Gasteiger charge is -2.22. The lowest BCUT2D eigenvalue weighted by Crippen LogP contribution is -2.29. The van der Waals surface area contributed by atoms with Crippen LogP contribution >= 0.6 is 11.3 Å². The molecule has 7 nitrogen and oxygen atoms in total. The van der Waals surface area contributed by atoms with Crippen LogP contribution in [0.3, 0.4) is 0 Å². The second-order valence-corrected chi connectivity index (χ2v) is 7.58. The number of nitrogens with zero attached hydrogens (tertiary/aromatic N) is 4. The summed E-state index contributed by atoms with van der Waals surface area (Å²) in [5, 5.41) is 19.9. The second-order valence-electron chi connectivity index (χ2n) is 6.42. The van der Waals surface area contributed by atoms with E-state index in [4.69, 9.17) is 0 Å². The number of aromatic nitrogens is 3. The molecule has 0 bridgehead atoms. The Morgan fingerprint density at radius 1 is 1.04 bits per heavy atom. The number of ketones is 1. The first-order valence-electron chi connectivity index (χ1n) is 8.55. The molecule has 1 saturated heterocycles. The van der Waals surface area contributed by atoms with Crippen molar-refractivity contribution >= 4 is 33.9 Å². The Labute approximate surface area is 165 Å². The average molecular weight is 392 g/mol. The molecule has 0 spiro atoms. The van der Waals surface area contributed by atoms with Gasteiger partial charge in [0.05, 0.1) is 11.6 Å². The standard InChI is InChI=1S/C20H16N4O3S/c1-11-3-5-13(6-4-11)16-15(17(25)14-7-9-21-10-8-14)18(26)19(27)24(16)20-23-22-12(2)28-20/h3-10,16,25H,1-2H3/b17-15+. The lowest BCUT2D eigenvalue weighted by atomic mass is 9.95. The van der Waals surface area contributed by atoms with Crippen LogP contribution in [0.2, 0.25) is 0 Å². The Kier molecular flexibility index (Phi) is 4.48. The number of Topliss-reactive ketones (excluding diaryl/α,β-unsaturated/α-hetero) is 1. The molecule has 3 aromatic rings. The molecule has 1 atom stereocenters. The predicted octanol–water partition coefficient (Wildman–Crippen LogP) is 3.18. The maximum Gasteiger partial charge on any atom is 0.301 e. The summed E-state index contributed by atoms with van der Waals surface area (Å²) in [6.07, 6.45) is 3.03. The quantitative estimate of drug-likeness (QED) is 0.418. The zero-order valence-electron chi connectivity index (χ0n) is 15.2. The van der Waals surface area contributed by atoms with Crippen LogP contribution in [0.1, 0.15) is 27.7 Å². The number of carbonyl (C=O) groups is 2. The minimum absolute atomic E-state index is 0.0212. The highest BCUT2D eigenvalue weighted by atomic mass is 32.1. The Morgan fingerprint density at radius 2 is 1.71 bits per heavy atom. The number of rotatable bonds is 3. The molecule has 1 amide bonds. The molecule has 28 heavy (non-hydrogen) atoms. The van der Waals surface area contributed by atoms with Gasteiger partial charge in [-0.25, -0.2) is 0 Å². The van der Waals surface area contributed by atoms with Crippen molar-refractivity contribution in [2.45, 2.75) is 19.9 Å². The number of carbonyl (C=O) groups excluding carboxylic acids is 2. The van der Waals surface area contributed by atoms with E-state index in [1.807, 2.05) is 31.2 Å². The largest absolute Gasteiger partial charge is 0.507 e. The van der Waals surface area contributed by atoms with Gasteiger partial charge in [0.1, 0.15) is 10.8 Å². The third-order valence-electron chi connectivity index (χ3n) is 4.51. The van der Waals surface area contributed by atoms with Crippen molar-refractivity contribution in [3.8, 4) is 0 Å². The molecule has 3 heterocycles.